The van der Waals surface area contributed by atoms with Crippen LogP contribution in [0.2, 0.25) is 0 Å². The second-order valence-corrected chi connectivity index (χ2v) is 7.63. The Morgan fingerprint density at radius 3 is 2.92 bits per heavy atom. The fourth-order valence-electron chi connectivity index (χ4n) is 5.09. The number of ether oxygens (including phenoxy) is 1. The van der Waals surface area contributed by atoms with Gasteiger partial charge in [-0.05, 0) is 48.4 Å². The summed E-state index contributed by atoms with van der Waals surface area (Å²) < 4.78 is 5.67. The summed E-state index contributed by atoms with van der Waals surface area (Å²) in [5, 5.41) is 25.7. The molecule has 5 nitrogen and oxygen atoms in total. The number of benzene rings is 1. The van der Waals surface area contributed by atoms with E-state index in [4.69, 9.17) is 4.74 Å². The molecule has 1 aromatic carbocycles. The highest BCUT2D eigenvalue weighted by molar-refractivity contribution is 6.46. The minimum absolute atomic E-state index is 0.225. The van der Waals surface area contributed by atoms with Crippen molar-refractivity contribution in [3.8, 4) is 5.75 Å². The predicted octanol–water partition coefficient (Wildman–Crippen LogP) is 4.30. The molecule has 0 spiro atoms. The van der Waals surface area contributed by atoms with E-state index in [1.54, 1.807) is 6.08 Å². The van der Waals surface area contributed by atoms with Crippen molar-refractivity contribution in [2.75, 3.05) is 6.61 Å². The van der Waals surface area contributed by atoms with Crippen LogP contribution in [0.5, 0.6) is 5.75 Å². The number of hydrogen-bond acceptors (Lipinski definition) is 5. The largest absolute Gasteiger partial charge is 0.490 e. The quantitative estimate of drug-likeness (QED) is 0.484. The van der Waals surface area contributed by atoms with Crippen LogP contribution in [0.4, 0.5) is 0 Å². The van der Waals surface area contributed by atoms with E-state index in [2.05, 4.69) is 42.0 Å². The molecule has 0 aliphatic heterocycles. The van der Waals surface area contributed by atoms with Gasteiger partial charge in [-0.15, -0.1) is 0 Å². The first kappa shape index (κ1) is 16.9. The molecule has 0 radical (unpaired) electrons. The molecule has 2 N–H and O–H groups in total. The third-order valence-electron chi connectivity index (χ3n) is 6.37. The van der Waals surface area contributed by atoms with Gasteiger partial charge in [-0.3, -0.25) is 0 Å². The minimum Gasteiger partial charge on any atom is -0.490 e. The zero-order chi connectivity index (χ0) is 18.3. The maximum absolute atomic E-state index is 9.48. The lowest BCUT2D eigenvalue weighted by molar-refractivity contribution is 0.244. The first-order valence-corrected chi connectivity index (χ1v) is 9.12. The number of nitrogens with zero attached hydrogens (tertiary/aromatic N) is 2. The fraction of sp³-hybridized carbons (Fsp3) is 0.429. The summed E-state index contributed by atoms with van der Waals surface area (Å²) in [4.78, 5) is 0. The molecule has 3 aliphatic carbocycles. The number of oxime groups is 2. The molecule has 0 unspecified atom stereocenters. The van der Waals surface area contributed by atoms with Gasteiger partial charge in [-0.25, -0.2) is 0 Å². The zero-order valence-corrected chi connectivity index (χ0v) is 15.0. The molecule has 0 bridgehead atoms. The summed E-state index contributed by atoms with van der Waals surface area (Å²) in [6.45, 7) is 6.33. The molecule has 0 heterocycles. The molecular formula is C21H24N2O3. The first-order valence-electron chi connectivity index (χ1n) is 9.12. The van der Waals surface area contributed by atoms with Gasteiger partial charge in [-0.1, -0.05) is 47.6 Å². The van der Waals surface area contributed by atoms with Crippen LogP contribution in [-0.2, 0) is 6.42 Å². The highest BCUT2D eigenvalue weighted by Gasteiger charge is 2.54. The number of rotatable bonds is 3. The Hall–Kier alpha value is -2.56. The summed E-state index contributed by atoms with van der Waals surface area (Å²) in [5.74, 6) is 1.48. The predicted molar refractivity (Wildman–Crippen MR) is 101 cm³/mol. The third-order valence-corrected chi connectivity index (χ3v) is 6.37. The van der Waals surface area contributed by atoms with E-state index >= 15 is 0 Å². The average molecular weight is 352 g/mol. The molecule has 3 aliphatic rings. The molecule has 136 valence electrons. The van der Waals surface area contributed by atoms with Gasteiger partial charge in [0.25, 0.3) is 0 Å². The van der Waals surface area contributed by atoms with Crippen molar-refractivity contribution >= 4 is 11.4 Å². The van der Waals surface area contributed by atoms with Crippen LogP contribution in [0.3, 0.4) is 0 Å². The van der Waals surface area contributed by atoms with Crippen LogP contribution >= 0.6 is 0 Å². The molecule has 0 amide bonds. The molecule has 26 heavy (non-hydrogen) atoms. The average Bonchev–Trinajstić information content (AvgIpc) is 2.97. The normalized spacial score (nSPS) is 32.6. The maximum atomic E-state index is 9.48. The van der Waals surface area contributed by atoms with Gasteiger partial charge in [-0.2, -0.15) is 0 Å². The monoisotopic (exact) mass is 352 g/mol. The van der Waals surface area contributed by atoms with E-state index in [0.717, 1.165) is 25.0 Å². The smallest absolute Gasteiger partial charge is 0.120 e. The van der Waals surface area contributed by atoms with Crippen molar-refractivity contribution in [3.63, 3.8) is 0 Å². The van der Waals surface area contributed by atoms with Gasteiger partial charge in [0.15, 0.2) is 0 Å². The molecule has 1 aromatic rings. The van der Waals surface area contributed by atoms with Crippen LogP contribution in [0, 0.1) is 11.3 Å². The molecule has 5 heteroatoms. The van der Waals surface area contributed by atoms with Crippen molar-refractivity contribution in [2.24, 2.45) is 21.6 Å². The zero-order valence-electron chi connectivity index (χ0n) is 15.0. The molecule has 0 saturated heterocycles. The highest BCUT2D eigenvalue weighted by atomic mass is 16.5. The Kier molecular flexibility index (Phi) is 4.10. The van der Waals surface area contributed by atoms with Crippen LogP contribution in [0.15, 0.2) is 52.8 Å². The van der Waals surface area contributed by atoms with Crippen molar-refractivity contribution in [2.45, 2.75) is 38.5 Å². The SMILES string of the molecule is C=CCOc1ccc2c(c1)CC=C1[C@@H]2CC[C@@]2(C)C(=N\O)/C(=N\O)C[C@@H]12. The van der Waals surface area contributed by atoms with Gasteiger partial charge in [0.05, 0.1) is 0 Å². The summed E-state index contributed by atoms with van der Waals surface area (Å²) in [6, 6.07) is 6.36. The van der Waals surface area contributed by atoms with Gasteiger partial charge in [0.2, 0.25) is 0 Å². The molecule has 0 aromatic heterocycles. The lowest BCUT2D eigenvalue weighted by Crippen LogP contribution is -2.38. The second-order valence-electron chi connectivity index (χ2n) is 7.63. The molecule has 3 atom stereocenters. The van der Waals surface area contributed by atoms with Crippen LogP contribution in [0.25, 0.3) is 0 Å². The number of fused-ring (bicyclic) bond motifs is 5. The topological polar surface area (TPSA) is 74.4 Å². The van der Waals surface area contributed by atoms with Gasteiger partial charge >= 0.3 is 0 Å². The van der Waals surface area contributed by atoms with Gasteiger partial charge in [0.1, 0.15) is 23.8 Å². The Bertz CT molecular complexity index is 840. The molecular weight excluding hydrogens is 328 g/mol. The first-order chi connectivity index (χ1) is 12.6. The third kappa shape index (κ3) is 2.37. The van der Waals surface area contributed by atoms with E-state index in [1.165, 1.54) is 16.7 Å². The number of hydrogen-bond donors (Lipinski definition) is 2. The van der Waals surface area contributed by atoms with E-state index < -0.39 is 0 Å². The van der Waals surface area contributed by atoms with E-state index in [-0.39, 0.29) is 11.3 Å². The van der Waals surface area contributed by atoms with Gasteiger partial charge < -0.3 is 15.2 Å². The van der Waals surface area contributed by atoms with E-state index in [0.29, 0.717) is 30.4 Å². The highest BCUT2D eigenvalue weighted by Crippen LogP contribution is 2.57. The summed E-state index contributed by atoms with van der Waals surface area (Å²) >= 11 is 0. The van der Waals surface area contributed by atoms with E-state index in [9.17, 15) is 10.4 Å². The lowest BCUT2D eigenvalue weighted by Gasteiger charge is -2.44. The summed E-state index contributed by atoms with van der Waals surface area (Å²) in [5.41, 5.74) is 4.87. The lowest BCUT2D eigenvalue weighted by atomic mass is 9.60. The molecule has 4 rings (SSSR count). The Labute approximate surface area is 153 Å². The standard InChI is InChI=1S/C21H24N2O3/c1-3-10-26-14-5-7-15-13(11-14)4-6-17-16(15)8-9-21(2)18(17)12-19(22-24)20(21)23-25/h3,5-7,11,16,18,24-25H,1,4,8-10,12H2,2H3/b22-19-,23-20-/t16-,18+,21-/m1/s1. The second kappa shape index (κ2) is 6.31. The Morgan fingerprint density at radius 1 is 1.35 bits per heavy atom. The van der Waals surface area contributed by atoms with Crippen LogP contribution in [-0.4, -0.2) is 28.4 Å². The Balaban J connectivity index is 1.68. The minimum atomic E-state index is -0.261. The number of allylic oxidation sites excluding steroid dienone is 2. The summed E-state index contributed by atoms with van der Waals surface area (Å²) in [7, 11) is 0. The van der Waals surface area contributed by atoms with Crippen molar-refractivity contribution in [3.05, 3.63) is 53.6 Å². The van der Waals surface area contributed by atoms with Crippen molar-refractivity contribution in [1.29, 1.82) is 0 Å². The van der Waals surface area contributed by atoms with Crippen molar-refractivity contribution in [1.82, 2.24) is 0 Å². The van der Waals surface area contributed by atoms with E-state index in [1.807, 2.05) is 6.07 Å². The van der Waals surface area contributed by atoms with Gasteiger partial charge in [0, 0.05) is 17.8 Å². The molecule has 2 fully saturated rings. The molecule has 2 saturated carbocycles. The maximum Gasteiger partial charge on any atom is 0.120 e. The van der Waals surface area contributed by atoms with Crippen molar-refractivity contribution < 1.29 is 15.2 Å². The van der Waals surface area contributed by atoms with Crippen LogP contribution in [0.1, 0.15) is 43.2 Å². The Morgan fingerprint density at radius 2 is 2.19 bits per heavy atom. The van der Waals surface area contributed by atoms with Crippen LogP contribution < -0.4 is 4.74 Å². The fourth-order valence-corrected chi connectivity index (χ4v) is 5.09. The summed E-state index contributed by atoms with van der Waals surface area (Å²) in [6.07, 6.45) is 7.48.